The number of nitrogens with two attached hydrogens (primary N) is 1. The van der Waals surface area contributed by atoms with Gasteiger partial charge in [0.2, 0.25) is 0 Å². The molecule has 0 aromatic heterocycles. The number of rotatable bonds is 5. The van der Waals surface area contributed by atoms with E-state index < -0.39 is 0 Å². The van der Waals surface area contributed by atoms with Crippen molar-refractivity contribution >= 4 is 23.4 Å². The number of carbonyl (C=O) groups excluding carboxylic acids is 1. The maximum Gasteiger partial charge on any atom is 0.334 e. The zero-order chi connectivity index (χ0) is 12.0. The number of hydrogen-bond donors (Lipinski definition) is 1. The monoisotopic (exact) mass is 237 g/mol. The average Bonchev–Trinajstić information content (AvgIpc) is 2.28. The number of carbonyl (C=O) groups is 1. The SMILES string of the molecule is C=C(CSc1ccc(N)cc1)C(=O)OCC. The predicted octanol–water partition coefficient (Wildman–Crippen LogP) is 2.48. The van der Waals surface area contributed by atoms with Gasteiger partial charge in [-0.1, -0.05) is 6.58 Å². The Morgan fingerprint density at radius 3 is 2.62 bits per heavy atom. The molecule has 3 nitrogen and oxygen atoms in total. The van der Waals surface area contributed by atoms with Crippen molar-refractivity contribution in [1.82, 2.24) is 0 Å². The minimum absolute atomic E-state index is 0.328. The van der Waals surface area contributed by atoms with Gasteiger partial charge in [0, 0.05) is 21.9 Å². The lowest BCUT2D eigenvalue weighted by atomic mass is 10.3. The lowest BCUT2D eigenvalue weighted by molar-refractivity contribution is -0.138. The first kappa shape index (κ1) is 12.6. The van der Waals surface area contributed by atoms with E-state index in [1.165, 1.54) is 11.8 Å². The second kappa shape index (κ2) is 6.23. The summed E-state index contributed by atoms with van der Waals surface area (Å²) in [6.45, 7) is 5.84. The van der Waals surface area contributed by atoms with E-state index in [1.807, 2.05) is 24.3 Å². The first-order valence-electron chi connectivity index (χ1n) is 4.96. The van der Waals surface area contributed by atoms with Crippen LogP contribution in [0.4, 0.5) is 5.69 Å². The summed E-state index contributed by atoms with van der Waals surface area (Å²) in [6, 6.07) is 7.49. The summed E-state index contributed by atoms with van der Waals surface area (Å²) < 4.78 is 4.84. The summed E-state index contributed by atoms with van der Waals surface area (Å²) in [6.07, 6.45) is 0. The first-order chi connectivity index (χ1) is 7.63. The van der Waals surface area contributed by atoms with Crippen LogP contribution >= 0.6 is 11.8 Å². The fraction of sp³-hybridized carbons (Fsp3) is 0.250. The van der Waals surface area contributed by atoms with Crippen LogP contribution in [0.3, 0.4) is 0 Å². The van der Waals surface area contributed by atoms with Gasteiger partial charge in [0.1, 0.15) is 0 Å². The number of esters is 1. The summed E-state index contributed by atoms with van der Waals surface area (Å²) >= 11 is 1.54. The molecule has 0 bridgehead atoms. The molecule has 16 heavy (non-hydrogen) atoms. The summed E-state index contributed by atoms with van der Waals surface area (Å²) in [7, 11) is 0. The minimum Gasteiger partial charge on any atom is -0.463 e. The van der Waals surface area contributed by atoms with Crippen LogP contribution in [0.25, 0.3) is 0 Å². The van der Waals surface area contributed by atoms with E-state index in [1.54, 1.807) is 6.92 Å². The largest absolute Gasteiger partial charge is 0.463 e. The lowest BCUT2D eigenvalue weighted by Gasteiger charge is -2.05. The molecule has 86 valence electrons. The molecule has 0 saturated heterocycles. The van der Waals surface area contributed by atoms with E-state index in [2.05, 4.69) is 6.58 Å². The molecule has 0 atom stereocenters. The Morgan fingerprint density at radius 2 is 2.06 bits per heavy atom. The van der Waals surface area contributed by atoms with Crippen LogP contribution in [-0.2, 0) is 9.53 Å². The Morgan fingerprint density at radius 1 is 1.44 bits per heavy atom. The second-order valence-corrected chi connectivity index (χ2v) is 4.23. The van der Waals surface area contributed by atoms with Crippen LogP contribution in [0.2, 0.25) is 0 Å². The molecule has 2 N–H and O–H groups in total. The van der Waals surface area contributed by atoms with Gasteiger partial charge in [0.05, 0.1) is 6.61 Å². The number of ether oxygens (including phenoxy) is 1. The lowest BCUT2D eigenvalue weighted by Crippen LogP contribution is -2.08. The van der Waals surface area contributed by atoms with E-state index in [-0.39, 0.29) is 5.97 Å². The molecular formula is C12H15NO2S. The van der Waals surface area contributed by atoms with E-state index in [4.69, 9.17) is 10.5 Å². The molecule has 0 aliphatic heterocycles. The molecule has 0 heterocycles. The number of thioether (sulfide) groups is 1. The van der Waals surface area contributed by atoms with Gasteiger partial charge >= 0.3 is 5.97 Å². The van der Waals surface area contributed by atoms with Gasteiger partial charge in [-0.2, -0.15) is 0 Å². The number of benzene rings is 1. The molecule has 4 heteroatoms. The maximum absolute atomic E-state index is 11.3. The molecule has 0 fully saturated rings. The summed E-state index contributed by atoms with van der Waals surface area (Å²) in [4.78, 5) is 12.3. The van der Waals surface area contributed by atoms with Crippen molar-refractivity contribution in [3.05, 3.63) is 36.4 Å². The van der Waals surface area contributed by atoms with E-state index in [0.717, 1.165) is 10.6 Å². The molecule has 0 amide bonds. The van der Waals surface area contributed by atoms with Crippen LogP contribution < -0.4 is 5.73 Å². The fourth-order valence-electron chi connectivity index (χ4n) is 1.03. The molecule has 0 unspecified atom stereocenters. The van der Waals surface area contributed by atoms with Crippen molar-refractivity contribution in [3.63, 3.8) is 0 Å². The normalized spacial score (nSPS) is 9.81. The van der Waals surface area contributed by atoms with Crippen LogP contribution in [-0.4, -0.2) is 18.3 Å². The number of nitrogen functional groups attached to an aromatic ring is 1. The Bertz CT molecular complexity index is 373. The molecule has 0 aliphatic rings. The van der Waals surface area contributed by atoms with Crippen molar-refractivity contribution in [1.29, 1.82) is 0 Å². The molecule has 0 spiro atoms. The first-order valence-corrected chi connectivity index (χ1v) is 5.95. The number of anilines is 1. The second-order valence-electron chi connectivity index (χ2n) is 3.18. The highest BCUT2D eigenvalue weighted by Crippen LogP contribution is 2.21. The van der Waals surface area contributed by atoms with Crippen molar-refractivity contribution in [2.75, 3.05) is 18.1 Å². The van der Waals surface area contributed by atoms with Crippen molar-refractivity contribution in [2.45, 2.75) is 11.8 Å². The van der Waals surface area contributed by atoms with Gasteiger partial charge in [0.15, 0.2) is 0 Å². The van der Waals surface area contributed by atoms with Gasteiger partial charge in [-0.05, 0) is 31.2 Å². The van der Waals surface area contributed by atoms with Gasteiger partial charge in [-0.15, -0.1) is 11.8 Å². The molecule has 1 rings (SSSR count). The summed E-state index contributed by atoms with van der Waals surface area (Å²) in [5.41, 5.74) is 6.78. The third-order valence-corrected chi connectivity index (χ3v) is 2.96. The molecular weight excluding hydrogens is 222 g/mol. The fourth-order valence-corrected chi connectivity index (χ4v) is 1.81. The summed E-state index contributed by atoms with van der Waals surface area (Å²) in [5.74, 6) is 0.202. The summed E-state index contributed by atoms with van der Waals surface area (Å²) in [5, 5.41) is 0. The predicted molar refractivity (Wildman–Crippen MR) is 67.4 cm³/mol. The quantitative estimate of drug-likeness (QED) is 0.370. The third kappa shape index (κ3) is 3.98. The standard InChI is InChI=1S/C12H15NO2S/c1-3-15-12(14)9(2)8-16-11-6-4-10(13)5-7-11/h4-7H,2-3,8,13H2,1H3. The Hall–Kier alpha value is -1.42. The van der Waals surface area contributed by atoms with Crippen LogP contribution in [0.1, 0.15) is 6.92 Å². The van der Waals surface area contributed by atoms with Crippen LogP contribution in [0.15, 0.2) is 41.3 Å². The van der Waals surface area contributed by atoms with E-state index in [0.29, 0.717) is 17.9 Å². The van der Waals surface area contributed by atoms with Gasteiger partial charge in [0.25, 0.3) is 0 Å². The highest BCUT2D eigenvalue weighted by atomic mass is 32.2. The maximum atomic E-state index is 11.3. The van der Waals surface area contributed by atoms with Crippen LogP contribution in [0.5, 0.6) is 0 Å². The Kier molecular flexibility index (Phi) is 4.92. The van der Waals surface area contributed by atoms with E-state index in [9.17, 15) is 4.79 Å². The van der Waals surface area contributed by atoms with Gasteiger partial charge in [-0.25, -0.2) is 4.79 Å². The zero-order valence-corrected chi connectivity index (χ0v) is 10.0. The molecule has 0 aliphatic carbocycles. The van der Waals surface area contributed by atoms with Gasteiger partial charge < -0.3 is 10.5 Å². The van der Waals surface area contributed by atoms with E-state index >= 15 is 0 Å². The highest BCUT2D eigenvalue weighted by molar-refractivity contribution is 7.99. The average molecular weight is 237 g/mol. The highest BCUT2D eigenvalue weighted by Gasteiger charge is 2.07. The number of hydrogen-bond acceptors (Lipinski definition) is 4. The zero-order valence-electron chi connectivity index (χ0n) is 9.23. The van der Waals surface area contributed by atoms with Crippen molar-refractivity contribution in [2.24, 2.45) is 0 Å². The minimum atomic E-state index is -0.328. The van der Waals surface area contributed by atoms with Crippen LogP contribution in [0, 0.1) is 0 Å². The topological polar surface area (TPSA) is 52.3 Å². The molecule has 0 saturated carbocycles. The van der Waals surface area contributed by atoms with Crippen molar-refractivity contribution in [3.8, 4) is 0 Å². The smallest absolute Gasteiger partial charge is 0.334 e. The molecule has 0 radical (unpaired) electrons. The van der Waals surface area contributed by atoms with Crippen molar-refractivity contribution < 1.29 is 9.53 Å². The Labute approximate surface area is 99.7 Å². The Balaban J connectivity index is 2.42. The third-order valence-electron chi connectivity index (χ3n) is 1.86. The van der Waals surface area contributed by atoms with Gasteiger partial charge in [-0.3, -0.25) is 0 Å². The molecule has 1 aromatic carbocycles. The molecule has 1 aromatic rings.